The van der Waals surface area contributed by atoms with Crippen LogP contribution < -0.4 is 0 Å². The molecule has 0 bridgehead atoms. The number of benzene rings is 1. The van der Waals surface area contributed by atoms with E-state index in [0.717, 1.165) is 13.0 Å². The highest BCUT2D eigenvalue weighted by atomic mass is 15.0. The van der Waals surface area contributed by atoms with Gasteiger partial charge < -0.3 is 4.90 Å². The molecule has 0 aliphatic heterocycles. The van der Waals surface area contributed by atoms with E-state index in [4.69, 9.17) is 0 Å². The summed E-state index contributed by atoms with van der Waals surface area (Å²) in [5, 5.41) is 0. The first-order valence-corrected chi connectivity index (χ1v) is 8.05. The molecule has 0 fully saturated rings. The molecule has 0 aromatic heterocycles. The lowest BCUT2D eigenvalue weighted by atomic mass is 9.83. The standard InChI is InChI=1S/C19H33N/c1-13(2)16-11-18(14(3)4)17(9-10-20(7)8)19(12-16)15(5)6/h11-15H,9-10H2,1-8H3. The van der Waals surface area contributed by atoms with E-state index in [9.17, 15) is 0 Å². The van der Waals surface area contributed by atoms with Crippen LogP contribution in [-0.4, -0.2) is 25.5 Å². The first-order valence-electron chi connectivity index (χ1n) is 8.05. The lowest BCUT2D eigenvalue weighted by Crippen LogP contribution is -2.17. The third-order valence-electron chi connectivity index (χ3n) is 4.06. The van der Waals surface area contributed by atoms with E-state index in [2.05, 4.69) is 72.7 Å². The maximum atomic E-state index is 2.45. The van der Waals surface area contributed by atoms with E-state index in [-0.39, 0.29) is 0 Å². The van der Waals surface area contributed by atoms with Gasteiger partial charge in [0.15, 0.2) is 0 Å². The SMILES string of the molecule is CC(C)c1cc(C(C)C)c(CCN(C)C)c(C(C)C)c1. The molecule has 0 saturated carbocycles. The Hall–Kier alpha value is -0.820. The van der Waals surface area contributed by atoms with E-state index in [1.54, 1.807) is 16.7 Å². The first kappa shape index (κ1) is 17.2. The highest BCUT2D eigenvalue weighted by molar-refractivity contribution is 5.43. The molecule has 0 saturated heterocycles. The van der Waals surface area contributed by atoms with Crippen LogP contribution in [0.3, 0.4) is 0 Å². The van der Waals surface area contributed by atoms with Gasteiger partial charge in [-0.3, -0.25) is 0 Å². The smallest absolute Gasteiger partial charge is 0.00159 e. The number of likely N-dealkylation sites (N-methyl/N-ethyl adjacent to an activating group) is 1. The van der Waals surface area contributed by atoms with Gasteiger partial charge in [-0.05, 0) is 60.5 Å². The molecule has 1 nitrogen and oxygen atoms in total. The molecule has 0 atom stereocenters. The maximum Gasteiger partial charge on any atom is 0.00159 e. The second kappa shape index (κ2) is 7.26. The minimum absolute atomic E-state index is 0.600. The molecule has 0 amide bonds. The summed E-state index contributed by atoms with van der Waals surface area (Å²) < 4.78 is 0. The zero-order chi connectivity index (χ0) is 15.4. The highest BCUT2D eigenvalue weighted by Gasteiger charge is 2.16. The molecule has 114 valence electrons. The molecule has 0 unspecified atom stereocenters. The number of nitrogens with zero attached hydrogens (tertiary/aromatic N) is 1. The lowest BCUT2D eigenvalue weighted by molar-refractivity contribution is 0.412. The molecule has 0 N–H and O–H groups in total. The Morgan fingerprint density at radius 2 is 1.25 bits per heavy atom. The highest BCUT2D eigenvalue weighted by Crippen LogP contribution is 2.32. The van der Waals surface area contributed by atoms with Crippen molar-refractivity contribution in [3.63, 3.8) is 0 Å². The van der Waals surface area contributed by atoms with Gasteiger partial charge in [0.1, 0.15) is 0 Å². The molecule has 1 aromatic carbocycles. The Labute approximate surface area is 126 Å². The van der Waals surface area contributed by atoms with Crippen molar-refractivity contribution in [1.29, 1.82) is 0 Å². The fraction of sp³-hybridized carbons (Fsp3) is 0.684. The molecule has 0 spiro atoms. The Kier molecular flexibility index (Phi) is 6.26. The molecule has 0 heterocycles. The number of rotatable bonds is 6. The van der Waals surface area contributed by atoms with Crippen LogP contribution in [0.5, 0.6) is 0 Å². The van der Waals surface area contributed by atoms with Crippen LogP contribution in [0.2, 0.25) is 0 Å². The molecular formula is C19H33N. The van der Waals surface area contributed by atoms with Crippen LogP contribution in [-0.2, 0) is 6.42 Å². The number of hydrogen-bond acceptors (Lipinski definition) is 1. The Bertz CT molecular complexity index is 398. The monoisotopic (exact) mass is 275 g/mol. The topological polar surface area (TPSA) is 3.24 Å². The summed E-state index contributed by atoms with van der Waals surface area (Å²) in [6, 6.07) is 4.90. The van der Waals surface area contributed by atoms with Gasteiger partial charge in [0.25, 0.3) is 0 Å². The predicted molar refractivity (Wildman–Crippen MR) is 91.0 cm³/mol. The van der Waals surface area contributed by atoms with E-state index >= 15 is 0 Å². The summed E-state index contributed by atoms with van der Waals surface area (Å²) in [5.74, 6) is 1.81. The summed E-state index contributed by atoms with van der Waals surface area (Å²) in [6.45, 7) is 15.0. The predicted octanol–water partition coefficient (Wildman–Crippen LogP) is 5.16. The second-order valence-corrected chi connectivity index (χ2v) is 7.20. The Morgan fingerprint density at radius 1 is 0.800 bits per heavy atom. The minimum atomic E-state index is 0.600. The van der Waals surface area contributed by atoms with E-state index in [1.807, 2.05) is 0 Å². The van der Waals surface area contributed by atoms with Gasteiger partial charge in [0, 0.05) is 6.54 Å². The first-order chi connectivity index (χ1) is 9.23. The van der Waals surface area contributed by atoms with Crippen molar-refractivity contribution in [1.82, 2.24) is 4.90 Å². The van der Waals surface area contributed by atoms with Crippen LogP contribution >= 0.6 is 0 Å². The van der Waals surface area contributed by atoms with Crippen molar-refractivity contribution in [3.8, 4) is 0 Å². The van der Waals surface area contributed by atoms with Gasteiger partial charge in [-0.1, -0.05) is 53.7 Å². The fourth-order valence-electron chi connectivity index (χ4n) is 2.73. The maximum absolute atomic E-state index is 2.45. The van der Waals surface area contributed by atoms with Gasteiger partial charge in [-0.25, -0.2) is 0 Å². The fourth-order valence-corrected chi connectivity index (χ4v) is 2.73. The average molecular weight is 275 g/mol. The van der Waals surface area contributed by atoms with Crippen molar-refractivity contribution in [3.05, 3.63) is 34.4 Å². The third kappa shape index (κ3) is 4.34. The molecule has 1 rings (SSSR count). The molecule has 0 aliphatic rings. The van der Waals surface area contributed by atoms with Crippen molar-refractivity contribution in [2.45, 2.75) is 65.7 Å². The van der Waals surface area contributed by atoms with Gasteiger partial charge in [-0.2, -0.15) is 0 Å². The summed E-state index contributed by atoms with van der Waals surface area (Å²) in [6.07, 6.45) is 1.16. The van der Waals surface area contributed by atoms with E-state index in [0.29, 0.717) is 17.8 Å². The Balaban J connectivity index is 3.35. The van der Waals surface area contributed by atoms with Gasteiger partial charge in [0.2, 0.25) is 0 Å². The van der Waals surface area contributed by atoms with Gasteiger partial charge in [0.05, 0.1) is 0 Å². The molecule has 1 heteroatoms. The van der Waals surface area contributed by atoms with Gasteiger partial charge in [-0.15, -0.1) is 0 Å². The largest absolute Gasteiger partial charge is 0.309 e. The zero-order valence-corrected chi connectivity index (χ0v) is 14.7. The normalized spacial score (nSPS) is 12.2. The quantitative estimate of drug-likeness (QED) is 0.693. The van der Waals surface area contributed by atoms with Crippen LogP contribution in [0.25, 0.3) is 0 Å². The van der Waals surface area contributed by atoms with E-state index in [1.165, 1.54) is 5.56 Å². The molecule has 0 aliphatic carbocycles. The number of hydrogen-bond donors (Lipinski definition) is 0. The molecular weight excluding hydrogens is 242 g/mol. The zero-order valence-electron chi connectivity index (χ0n) is 14.7. The molecule has 20 heavy (non-hydrogen) atoms. The molecule has 1 aromatic rings. The summed E-state index contributed by atoms with van der Waals surface area (Å²) >= 11 is 0. The van der Waals surface area contributed by atoms with Crippen molar-refractivity contribution in [2.24, 2.45) is 0 Å². The Morgan fingerprint density at radius 3 is 1.55 bits per heavy atom. The van der Waals surface area contributed by atoms with Crippen molar-refractivity contribution >= 4 is 0 Å². The van der Waals surface area contributed by atoms with Crippen LogP contribution in [0.1, 0.15) is 81.5 Å². The summed E-state index contributed by atoms with van der Waals surface area (Å²) in [7, 11) is 4.32. The minimum Gasteiger partial charge on any atom is -0.309 e. The average Bonchev–Trinajstić information content (AvgIpc) is 2.34. The van der Waals surface area contributed by atoms with E-state index < -0.39 is 0 Å². The summed E-state index contributed by atoms with van der Waals surface area (Å²) in [5.41, 5.74) is 6.20. The van der Waals surface area contributed by atoms with Crippen LogP contribution in [0.15, 0.2) is 12.1 Å². The molecule has 0 radical (unpaired) electrons. The van der Waals surface area contributed by atoms with Crippen LogP contribution in [0.4, 0.5) is 0 Å². The lowest BCUT2D eigenvalue weighted by Gasteiger charge is -2.24. The van der Waals surface area contributed by atoms with Gasteiger partial charge >= 0.3 is 0 Å². The summed E-state index contributed by atoms with van der Waals surface area (Å²) in [4.78, 5) is 2.28. The van der Waals surface area contributed by atoms with Crippen molar-refractivity contribution < 1.29 is 0 Å². The van der Waals surface area contributed by atoms with Crippen LogP contribution in [0, 0.1) is 0 Å². The third-order valence-corrected chi connectivity index (χ3v) is 4.06. The van der Waals surface area contributed by atoms with Crippen molar-refractivity contribution in [2.75, 3.05) is 20.6 Å². The second-order valence-electron chi connectivity index (χ2n) is 7.20.